The van der Waals surface area contributed by atoms with Gasteiger partial charge in [0.2, 0.25) is 0 Å². The molecule has 0 radical (unpaired) electrons. The van der Waals surface area contributed by atoms with Crippen molar-refractivity contribution < 1.29 is 29.3 Å². The molecule has 3 N–H and O–H groups in total. The van der Waals surface area contributed by atoms with Gasteiger partial charge in [0.15, 0.2) is 6.29 Å². The van der Waals surface area contributed by atoms with Crippen LogP contribution in [0.4, 0.5) is 4.79 Å². The van der Waals surface area contributed by atoms with E-state index in [-0.39, 0.29) is 19.1 Å². The summed E-state index contributed by atoms with van der Waals surface area (Å²) in [4.78, 5) is 23.5. The van der Waals surface area contributed by atoms with Gasteiger partial charge in [-0.15, -0.1) is 6.58 Å². The third kappa shape index (κ3) is 4.71. The molecule has 0 saturated carbocycles. The number of nitrogens with one attached hydrogen (secondary N) is 1. The van der Waals surface area contributed by atoms with Gasteiger partial charge in [0.25, 0.3) is 0 Å². The van der Waals surface area contributed by atoms with E-state index in [9.17, 15) is 19.8 Å². The fourth-order valence-corrected chi connectivity index (χ4v) is 3.27. The summed E-state index contributed by atoms with van der Waals surface area (Å²) in [6.45, 7) is 3.49. The summed E-state index contributed by atoms with van der Waals surface area (Å²) in [6.07, 6.45) is -0.173. The molecule has 2 aromatic carbocycles. The first-order valence-corrected chi connectivity index (χ1v) is 8.99. The maximum absolute atomic E-state index is 12.2. The van der Waals surface area contributed by atoms with E-state index in [1.807, 2.05) is 48.5 Å². The van der Waals surface area contributed by atoms with Crippen molar-refractivity contribution in [2.75, 3.05) is 13.2 Å². The summed E-state index contributed by atoms with van der Waals surface area (Å²) in [7, 11) is 0. The molecule has 0 heterocycles. The topological polar surface area (TPSA) is 105 Å². The first kappa shape index (κ1) is 20.3. The van der Waals surface area contributed by atoms with Gasteiger partial charge in [-0.2, -0.15) is 0 Å². The van der Waals surface area contributed by atoms with E-state index in [2.05, 4.69) is 11.9 Å². The van der Waals surface area contributed by atoms with Crippen LogP contribution in [0.1, 0.15) is 17.0 Å². The number of aliphatic carboxylic acids is 1. The lowest BCUT2D eigenvalue weighted by molar-refractivity contribution is -0.133. The maximum atomic E-state index is 12.2. The fraction of sp³-hybridized carbons (Fsp3) is 0.182. The number of rotatable bonds is 8. The second-order valence-corrected chi connectivity index (χ2v) is 6.35. The number of alkyl carbamates (subject to hydrolysis) is 1. The SMILES string of the molecule is C=CCOC(O)/C=C(/NC(=O)OCC1c2ccccc2-c2ccccc21)C(=O)O. The molecule has 0 aliphatic heterocycles. The van der Waals surface area contributed by atoms with Crippen LogP contribution in [-0.2, 0) is 14.3 Å². The second kappa shape index (κ2) is 9.18. The van der Waals surface area contributed by atoms with Crippen molar-refractivity contribution in [1.82, 2.24) is 5.32 Å². The van der Waals surface area contributed by atoms with Crippen LogP contribution >= 0.6 is 0 Å². The van der Waals surface area contributed by atoms with Crippen LogP contribution in [0.2, 0.25) is 0 Å². The number of hydrogen-bond donors (Lipinski definition) is 3. The van der Waals surface area contributed by atoms with Crippen LogP contribution in [0.25, 0.3) is 11.1 Å². The number of aliphatic hydroxyl groups is 1. The largest absolute Gasteiger partial charge is 0.477 e. The van der Waals surface area contributed by atoms with Gasteiger partial charge < -0.3 is 19.7 Å². The zero-order valence-corrected chi connectivity index (χ0v) is 15.6. The highest BCUT2D eigenvalue weighted by atomic mass is 16.6. The van der Waals surface area contributed by atoms with E-state index in [4.69, 9.17) is 9.47 Å². The summed E-state index contributed by atoms with van der Waals surface area (Å²) in [5.41, 5.74) is 3.72. The highest BCUT2D eigenvalue weighted by Crippen LogP contribution is 2.44. The Morgan fingerprint density at radius 1 is 1.10 bits per heavy atom. The number of carbonyl (C=O) groups excluding carboxylic acids is 1. The first-order valence-electron chi connectivity index (χ1n) is 8.99. The Bertz CT molecular complexity index is 906. The smallest absolute Gasteiger partial charge is 0.411 e. The molecule has 7 heteroatoms. The van der Waals surface area contributed by atoms with E-state index in [0.29, 0.717) is 0 Å². The van der Waals surface area contributed by atoms with Crippen molar-refractivity contribution in [3.63, 3.8) is 0 Å². The van der Waals surface area contributed by atoms with Gasteiger partial charge in [0.1, 0.15) is 12.3 Å². The van der Waals surface area contributed by atoms with E-state index in [0.717, 1.165) is 28.3 Å². The fourth-order valence-electron chi connectivity index (χ4n) is 3.27. The summed E-state index contributed by atoms with van der Waals surface area (Å²) < 4.78 is 10.2. The Hall–Kier alpha value is -3.42. The molecule has 1 aliphatic carbocycles. The number of carboxylic acids is 1. The zero-order chi connectivity index (χ0) is 20.8. The number of amides is 1. The molecule has 7 nitrogen and oxygen atoms in total. The van der Waals surface area contributed by atoms with Crippen molar-refractivity contribution in [2.24, 2.45) is 0 Å². The quantitative estimate of drug-likeness (QED) is 0.361. The Morgan fingerprint density at radius 2 is 1.69 bits per heavy atom. The zero-order valence-electron chi connectivity index (χ0n) is 15.6. The van der Waals surface area contributed by atoms with Crippen molar-refractivity contribution in [3.05, 3.63) is 84.1 Å². The van der Waals surface area contributed by atoms with Crippen LogP contribution in [0.3, 0.4) is 0 Å². The molecule has 1 aliphatic rings. The molecule has 150 valence electrons. The molecule has 0 aromatic heterocycles. The molecular formula is C22H21NO6. The average Bonchev–Trinajstić information content (AvgIpc) is 3.04. The number of carboxylic acid groups (broad SMARTS) is 1. The summed E-state index contributed by atoms with van der Waals surface area (Å²) in [5, 5.41) is 21.0. The van der Waals surface area contributed by atoms with Gasteiger partial charge in [-0.1, -0.05) is 54.6 Å². The molecule has 0 saturated heterocycles. The van der Waals surface area contributed by atoms with Crippen molar-refractivity contribution in [1.29, 1.82) is 0 Å². The summed E-state index contributed by atoms with van der Waals surface area (Å²) >= 11 is 0. The predicted molar refractivity (Wildman–Crippen MR) is 106 cm³/mol. The second-order valence-electron chi connectivity index (χ2n) is 6.35. The van der Waals surface area contributed by atoms with Gasteiger partial charge in [-0.25, -0.2) is 9.59 Å². The maximum Gasteiger partial charge on any atom is 0.411 e. The Morgan fingerprint density at radius 3 is 2.24 bits per heavy atom. The lowest BCUT2D eigenvalue weighted by Crippen LogP contribution is -2.30. The third-order valence-electron chi connectivity index (χ3n) is 4.50. The number of hydrogen-bond acceptors (Lipinski definition) is 5. The predicted octanol–water partition coefficient (Wildman–Crippen LogP) is 3.01. The number of aliphatic hydroxyl groups excluding tert-OH is 1. The van der Waals surface area contributed by atoms with Crippen molar-refractivity contribution >= 4 is 12.1 Å². The number of carbonyl (C=O) groups is 2. The van der Waals surface area contributed by atoms with Gasteiger partial charge in [0, 0.05) is 12.0 Å². The van der Waals surface area contributed by atoms with Crippen molar-refractivity contribution in [3.8, 4) is 11.1 Å². The monoisotopic (exact) mass is 395 g/mol. The van der Waals surface area contributed by atoms with Gasteiger partial charge in [-0.3, -0.25) is 5.32 Å². The Kier molecular flexibility index (Phi) is 6.43. The number of ether oxygens (including phenoxy) is 2. The van der Waals surface area contributed by atoms with Crippen LogP contribution in [0, 0.1) is 0 Å². The molecule has 1 atom stereocenters. The van der Waals surface area contributed by atoms with Crippen LogP contribution < -0.4 is 5.32 Å². The van der Waals surface area contributed by atoms with Crippen LogP contribution in [-0.4, -0.2) is 41.8 Å². The number of benzene rings is 2. The molecule has 2 aromatic rings. The minimum atomic E-state index is -1.51. The van der Waals surface area contributed by atoms with E-state index in [1.54, 1.807) is 0 Å². The summed E-state index contributed by atoms with van der Waals surface area (Å²) in [6, 6.07) is 15.8. The Labute approximate surface area is 167 Å². The molecule has 1 amide bonds. The first-order chi connectivity index (χ1) is 14.0. The van der Waals surface area contributed by atoms with E-state index < -0.39 is 24.0 Å². The van der Waals surface area contributed by atoms with E-state index >= 15 is 0 Å². The molecule has 3 rings (SSSR count). The lowest BCUT2D eigenvalue weighted by Gasteiger charge is -2.15. The average molecular weight is 395 g/mol. The molecule has 0 spiro atoms. The molecule has 0 bridgehead atoms. The minimum Gasteiger partial charge on any atom is -0.477 e. The summed E-state index contributed by atoms with van der Waals surface area (Å²) in [5.74, 6) is -1.58. The van der Waals surface area contributed by atoms with Crippen LogP contribution in [0.5, 0.6) is 0 Å². The molecule has 1 unspecified atom stereocenters. The van der Waals surface area contributed by atoms with Gasteiger partial charge in [0.05, 0.1) is 6.61 Å². The molecule has 0 fully saturated rings. The minimum absolute atomic E-state index is 0.0233. The molecular weight excluding hydrogens is 374 g/mol. The van der Waals surface area contributed by atoms with Gasteiger partial charge >= 0.3 is 12.1 Å². The highest BCUT2D eigenvalue weighted by molar-refractivity contribution is 5.90. The highest BCUT2D eigenvalue weighted by Gasteiger charge is 2.29. The van der Waals surface area contributed by atoms with Crippen LogP contribution in [0.15, 0.2) is 73.0 Å². The Balaban J connectivity index is 1.68. The van der Waals surface area contributed by atoms with Gasteiger partial charge in [-0.05, 0) is 22.3 Å². The van der Waals surface area contributed by atoms with Crippen molar-refractivity contribution in [2.45, 2.75) is 12.2 Å². The molecule has 29 heavy (non-hydrogen) atoms. The van der Waals surface area contributed by atoms with E-state index in [1.165, 1.54) is 6.08 Å². The lowest BCUT2D eigenvalue weighted by atomic mass is 9.98. The third-order valence-corrected chi connectivity index (χ3v) is 4.50. The number of fused-ring (bicyclic) bond motifs is 3. The normalized spacial score (nSPS) is 13.9. The standard InChI is InChI=1S/C22H21NO6/c1-2-11-28-20(24)12-19(21(25)26)23-22(27)29-13-18-16-9-5-3-7-14(16)15-8-4-6-10-17(15)18/h2-10,12,18,20,24H,1,11,13H2,(H,23,27)(H,25,26)/b19-12+.